The van der Waals surface area contributed by atoms with Crippen LogP contribution in [0.25, 0.3) is 0 Å². The summed E-state index contributed by atoms with van der Waals surface area (Å²) in [5, 5.41) is 11.3. The molecule has 2 rings (SSSR count). The molecule has 21 heavy (non-hydrogen) atoms. The molecule has 0 unspecified atom stereocenters. The molecule has 1 saturated heterocycles. The maximum atomic E-state index is 13.8. The van der Waals surface area contributed by atoms with E-state index in [-0.39, 0.29) is 23.6 Å². The van der Waals surface area contributed by atoms with E-state index >= 15 is 0 Å². The standard InChI is InChI=1S/C15H16FN3O2/c1-2-3-4-13-14(20)19(15(21)18-13)9-11-6-5-10(8-17)7-12(11)16/h5-7,13H,2-4,9H2,1H3,(H,18,21)/t13-/m1/s1. The van der Waals surface area contributed by atoms with Crippen molar-refractivity contribution in [3.8, 4) is 6.07 Å². The van der Waals surface area contributed by atoms with Crippen molar-refractivity contribution in [1.29, 1.82) is 5.26 Å². The van der Waals surface area contributed by atoms with Gasteiger partial charge in [-0.15, -0.1) is 0 Å². The normalized spacial score (nSPS) is 17.8. The summed E-state index contributed by atoms with van der Waals surface area (Å²) in [4.78, 5) is 25.0. The molecule has 1 fully saturated rings. The van der Waals surface area contributed by atoms with Crippen molar-refractivity contribution in [2.45, 2.75) is 38.8 Å². The summed E-state index contributed by atoms with van der Waals surface area (Å²) in [5.74, 6) is -0.913. The zero-order valence-electron chi connectivity index (χ0n) is 11.7. The van der Waals surface area contributed by atoms with Gasteiger partial charge >= 0.3 is 6.03 Å². The highest BCUT2D eigenvalue weighted by Gasteiger charge is 2.37. The van der Waals surface area contributed by atoms with Crippen LogP contribution in [-0.4, -0.2) is 22.9 Å². The first-order chi connectivity index (χ1) is 10.1. The molecule has 1 heterocycles. The molecule has 0 spiro atoms. The molecular weight excluding hydrogens is 273 g/mol. The van der Waals surface area contributed by atoms with Gasteiger partial charge in [0.1, 0.15) is 11.9 Å². The lowest BCUT2D eigenvalue weighted by atomic mass is 10.1. The number of nitrogens with one attached hydrogen (secondary N) is 1. The Morgan fingerprint density at radius 1 is 1.43 bits per heavy atom. The van der Waals surface area contributed by atoms with Crippen molar-refractivity contribution >= 4 is 11.9 Å². The number of imide groups is 1. The van der Waals surface area contributed by atoms with Crippen molar-refractivity contribution in [2.75, 3.05) is 0 Å². The van der Waals surface area contributed by atoms with Gasteiger partial charge in [0.15, 0.2) is 0 Å². The van der Waals surface area contributed by atoms with Crippen LogP contribution in [-0.2, 0) is 11.3 Å². The molecule has 6 heteroatoms. The summed E-state index contributed by atoms with van der Waals surface area (Å²) in [7, 11) is 0. The third-order valence-corrected chi connectivity index (χ3v) is 3.46. The second kappa shape index (κ2) is 6.35. The Labute approximate surface area is 122 Å². The van der Waals surface area contributed by atoms with Gasteiger partial charge in [-0.25, -0.2) is 9.18 Å². The number of nitrogens with zero attached hydrogens (tertiary/aromatic N) is 2. The second-order valence-corrected chi connectivity index (χ2v) is 4.99. The van der Waals surface area contributed by atoms with Crippen LogP contribution in [0.2, 0.25) is 0 Å². The number of halogens is 1. The highest BCUT2D eigenvalue weighted by molar-refractivity contribution is 6.04. The quantitative estimate of drug-likeness (QED) is 0.845. The average molecular weight is 289 g/mol. The molecule has 0 aliphatic carbocycles. The monoisotopic (exact) mass is 289 g/mol. The van der Waals surface area contributed by atoms with E-state index in [1.807, 2.05) is 13.0 Å². The number of unbranched alkanes of at least 4 members (excludes halogenated alkanes) is 1. The van der Waals surface area contributed by atoms with E-state index in [1.54, 1.807) is 0 Å². The molecular formula is C15H16FN3O2. The van der Waals surface area contributed by atoms with Crippen LogP contribution in [0, 0.1) is 17.1 Å². The number of urea groups is 1. The number of benzene rings is 1. The number of nitriles is 1. The predicted octanol–water partition coefficient (Wildman–Crippen LogP) is 2.31. The zero-order valence-corrected chi connectivity index (χ0v) is 11.7. The van der Waals surface area contributed by atoms with Crippen LogP contribution < -0.4 is 5.32 Å². The van der Waals surface area contributed by atoms with Crippen LogP contribution in [0.15, 0.2) is 18.2 Å². The van der Waals surface area contributed by atoms with E-state index in [1.165, 1.54) is 12.1 Å². The Balaban J connectivity index is 2.11. The molecule has 1 atom stereocenters. The first-order valence-corrected chi connectivity index (χ1v) is 6.87. The number of hydrogen-bond acceptors (Lipinski definition) is 3. The summed E-state index contributed by atoms with van der Waals surface area (Å²) in [6, 6.07) is 4.81. The molecule has 0 bridgehead atoms. The second-order valence-electron chi connectivity index (χ2n) is 4.99. The van der Waals surface area contributed by atoms with Crippen molar-refractivity contribution in [2.24, 2.45) is 0 Å². The molecule has 1 aromatic carbocycles. The Bertz CT molecular complexity index is 609. The van der Waals surface area contributed by atoms with E-state index < -0.39 is 17.9 Å². The lowest BCUT2D eigenvalue weighted by Gasteiger charge is -2.13. The largest absolute Gasteiger partial charge is 0.326 e. The molecule has 3 amide bonds. The summed E-state index contributed by atoms with van der Waals surface area (Å²) < 4.78 is 13.8. The van der Waals surface area contributed by atoms with E-state index in [2.05, 4.69) is 5.32 Å². The predicted molar refractivity (Wildman–Crippen MR) is 73.5 cm³/mol. The van der Waals surface area contributed by atoms with Crippen molar-refractivity contribution in [3.05, 3.63) is 35.1 Å². The Morgan fingerprint density at radius 3 is 2.81 bits per heavy atom. The van der Waals surface area contributed by atoms with Crippen molar-refractivity contribution in [3.63, 3.8) is 0 Å². The molecule has 1 aliphatic rings. The van der Waals surface area contributed by atoms with Gasteiger partial charge in [0, 0.05) is 5.56 Å². The fraction of sp³-hybridized carbons (Fsp3) is 0.400. The molecule has 0 saturated carbocycles. The Kier molecular flexibility index (Phi) is 4.53. The maximum absolute atomic E-state index is 13.8. The van der Waals surface area contributed by atoms with Gasteiger partial charge in [-0.3, -0.25) is 9.69 Å². The highest BCUT2D eigenvalue weighted by Crippen LogP contribution is 2.18. The summed E-state index contributed by atoms with van der Waals surface area (Å²) >= 11 is 0. The third kappa shape index (κ3) is 3.19. The highest BCUT2D eigenvalue weighted by atomic mass is 19.1. The summed E-state index contributed by atoms with van der Waals surface area (Å²) in [5.41, 5.74) is 0.419. The summed E-state index contributed by atoms with van der Waals surface area (Å²) in [6.07, 6.45) is 2.37. The zero-order chi connectivity index (χ0) is 15.4. The molecule has 1 aromatic rings. The van der Waals surface area contributed by atoms with E-state index in [0.29, 0.717) is 6.42 Å². The number of amides is 3. The molecule has 1 aliphatic heterocycles. The first kappa shape index (κ1) is 15.0. The van der Waals surface area contributed by atoms with Gasteiger partial charge in [-0.05, 0) is 18.6 Å². The van der Waals surface area contributed by atoms with Gasteiger partial charge in [-0.1, -0.05) is 25.8 Å². The number of hydrogen-bond donors (Lipinski definition) is 1. The fourth-order valence-corrected chi connectivity index (χ4v) is 2.25. The molecule has 5 nitrogen and oxygen atoms in total. The molecule has 110 valence electrons. The Morgan fingerprint density at radius 2 is 2.19 bits per heavy atom. The number of carbonyl (C=O) groups is 2. The van der Waals surface area contributed by atoms with Crippen LogP contribution in [0.1, 0.15) is 37.3 Å². The van der Waals surface area contributed by atoms with Gasteiger partial charge in [0.05, 0.1) is 18.2 Å². The minimum atomic E-state index is -0.591. The minimum Gasteiger partial charge on any atom is -0.326 e. The van der Waals surface area contributed by atoms with Crippen LogP contribution in [0.3, 0.4) is 0 Å². The first-order valence-electron chi connectivity index (χ1n) is 6.87. The average Bonchev–Trinajstić information content (AvgIpc) is 2.74. The van der Waals surface area contributed by atoms with Gasteiger partial charge in [0.2, 0.25) is 0 Å². The summed E-state index contributed by atoms with van der Waals surface area (Å²) in [6.45, 7) is 1.88. The van der Waals surface area contributed by atoms with Crippen LogP contribution in [0.4, 0.5) is 9.18 Å². The van der Waals surface area contributed by atoms with Gasteiger partial charge in [0.25, 0.3) is 5.91 Å². The van der Waals surface area contributed by atoms with Crippen molar-refractivity contribution in [1.82, 2.24) is 10.2 Å². The van der Waals surface area contributed by atoms with Crippen LogP contribution >= 0.6 is 0 Å². The van der Waals surface area contributed by atoms with Crippen LogP contribution in [0.5, 0.6) is 0 Å². The SMILES string of the molecule is CCCC[C@H]1NC(=O)N(Cc2ccc(C#N)cc2F)C1=O. The lowest BCUT2D eigenvalue weighted by Crippen LogP contribution is -2.31. The van der Waals surface area contributed by atoms with E-state index in [4.69, 9.17) is 5.26 Å². The lowest BCUT2D eigenvalue weighted by molar-refractivity contribution is -0.128. The topological polar surface area (TPSA) is 73.2 Å². The Hall–Kier alpha value is -2.42. The molecule has 1 N–H and O–H groups in total. The van der Waals surface area contributed by atoms with Gasteiger partial charge < -0.3 is 5.32 Å². The molecule has 0 aromatic heterocycles. The molecule has 0 radical (unpaired) electrons. The van der Waals surface area contributed by atoms with Gasteiger partial charge in [-0.2, -0.15) is 5.26 Å². The number of rotatable bonds is 5. The number of carbonyl (C=O) groups excluding carboxylic acids is 2. The third-order valence-electron chi connectivity index (χ3n) is 3.46. The fourth-order valence-electron chi connectivity index (χ4n) is 2.25. The maximum Gasteiger partial charge on any atom is 0.325 e. The minimum absolute atomic E-state index is 0.120. The van der Waals surface area contributed by atoms with E-state index in [9.17, 15) is 14.0 Å². The van der Waals surface area contributed by atoms with Crippen molar-refractivity contribution < 1.29 is 14.0 Å². The smallest absolute Gasteiger partial charge is 0.325 e. The van der Waals surface area contributed by atoms with E-state index in [0.717, 1.165) is 23.8 Å².